The van der Waals surface area contributed by atoms with Gasteiger partial charge >= 0.3 is 12.1 Å². The smallest absolute Gasteiger partial charge is 0.475 e. The Morgan fingerprint density at radius 2 is 2.03 bits per heavy atom. The van der Waals surface area contributed by atoms with Crippen molar-refractivity contribution in [3.05, 3.63) is 24.4 Å². The van der Waals surface area contributed by atoms with Crippen LogP contribution in [0.25, 0.3) is 0 Å². The van der Waals surface area contributed by atoms with Crippen molar-refractivity contribution in [1.29, 1.82) is 0 Å². The van der Waals surface area contributed by atoms with E-state index in [2.05, 4.69) is 9.88 Å². The van der Waals surface area contributed by atoms with Crippen LogP contribution in [0.1, 0.15) is 6.42 Å². The number of methoxy groups -OCH3 is 1. The molecule has 1 aromatic heterocycles. The molecule has 0 saturated carbocycles. The van der Waals surface area contributed by atoms with E-state index < -0.39 is 12.1 Å². The SMILES string of the molecule is COCC(=O)N1CCOCC2(CCN(c3ccccn3)C2)C1.O=C(O)C(F)(F)F. The molecule has 11 heteroatoms. The van der Waals surface area contributed by atoms with E-state index in [1.165, 1.54) is 0 Å². The van der Waals surface area contributed by atoms with Crippen LogP contribution in [0.15, 0.2) is 24.4 Å². The van der Waals surface area contributed by atoms with Crippen molar-refractivity contribution in [2.24, 2.45) is 5.41 Å². The largest absolute Gasteiger partial charge is 0.490 e. The van der Waals surface area contributed by atoms with Crippen LogP contribution >= 0.6 is 0 Å². The molecule has 2 saturated heterocycles. The third kappa shape index (κ3) is 6.57. The van der Waals surface area contributed by atoms with Crippen LogP contribution in [-0.2, 0) is 19.1 Å². The number of carboxylic acids is 1. The van der Waals surface area contributed by atoms with Gasteiger partial charge in [0.05, 0.1) is 13.2 Å². The molecule has 1 spiro atoms. The summed E-state index contributed by atoms with van der Waals surface area (Å²) >= 11 is 0. The lowest BCUT2D eigenvalue weighted by atomic mass is 9.87. The number of ether oxygens (including phenoxy) is 2. The molecule has 8 nitrogen and oxygen atoms in total. The minimum atomic E-state index is -5.08. The molecule has 3 rings (SSSR count). The van der Waals surface area contributed by atoms with E-state index >= 15 is 0 Å². The first kappa shape index (κ1) is 22.9. The Labute approximate surface area is 166 Å². The average molecular weight is 419 g/mol. The Kier molecular flexibility index (Phi) is 7.80. The second-order valence-corrected chi connectivity index (χ2v) is 6.96. The number of alkyl halides is 3. The number of pyridine rings is 1. The summed E-state index contributed by atoms with van der Waals surface area (Å²) < 4.78 is 42.5. The van der Waals surface area contributed by atoms with E-state index in [0.717, 1.165) is 31.9 Å². The van der Waals surface area contributed by atoms with E-state index in [-0.39, 0.29) is 17.9 Å². The van der Waals surface area contributed by atoms with E-state index in [1.54, 1.807) is 7.11 Å². The average Bonchev–Trinajstić information content (AvgIpc) is 2.96. The van der Waals surface area contributed by atoms with Gasteiger partial charge in [-0.3, -0.25) is 4.79 Å². The first-order chi connectivity index (χ1) is 13.7. The summed E-state index contributed by atoms with van der Waals surface area (Å²) in [7, 11) is 1.56. The number of aliphatic carboxylic acids is 1. The predicted molar refractivity (Wildman–Crippen MR) is 96.5 cm³/mol. The lowest BCUT2D eigenvalue weighted by Crippen LogP contribution is -2.44. The number of hydrogen-bond donors (Lipinski definition) is 1. The zero-order chi connectivity index (χ0) is 21.5. The highest BCUT2D eigenvalue weighted by Gasteiger charge is 2.42. The molecule has 2 aliphatic rings. The molecule has 1 aromatic rings. The maximum absolute atomic E-state index is 12.2. The zero-order valence-corrected chi connectivity index (χ0v) is 16.0. The van der Waals surface area contributed by atoms with Crippen molar-refractivity contribution in [3.8, 4) is 0 Å². The molecule has 0 radical (unpaired) electrons. The molecule has 0 bridgehead atoms. The van der Waals surface area contributed by atoms with Gasteiger partial charge in [0.1, 0.15) is 12.4 Å². The number of anilines is 1. The van der Waals surface area contributed by atoms with E-state index in [0.29, 0.717) is 19.8 Å². The third-order valence-corrected chi connectivity index (χ3v) is 4.71. The standard InChI is InChI=1S/C16H23N3O3.C2HF3O2/c1-21-10-15(20)19-8-9-22-13-16(12-19)5-7-18(11-16)14-4-2-3-6-17-14;3-2(4,5)1(6)7/h2-4,6H,5,7-13H2,1H3;(H,6,7). The molecule has 1 atom stereocenters. The summed E-state index contributed by atoms with van der Waals surface area (Å²) in [6.45, 7) is 4.65. The quantitative estimate of drug-likeness (QED) is 0.792. The van der Waals surface area contributed by atoms with Crippen molar-refractivity contribution in [2.45, 2.75) is 12.6 Å². The van der Waals surface area contributed by atoms with Crippen LogP contribution in [0, 0.1) is 5.41 Å². The lowest BCUT2D eigenvalue weighted by Gasteiger charge is -2.31. The Balaban J connectivity index is 0.000000370. The lowest BCUT2D eigenvalue weighted by molar-refractivity contribution is -0.192. The first-order valence-corrected chi connectivity index (χ1v) is 8.97. The van der Waals surface area contributed by atoms with E-state index in [4.69, 9.17) is 19.4 Å². The molecular formula is C18H24F3N3O5. The molecule has 0 aromatic carbocycles. The second kappa shape index (κ2) is 9.88. The normalized spacial score (nSPS) is 22.1. The number of carbonyl (C=O) groups excluding carboxylic acids is 1. The van der Waals surface area contributed by atoms with Crippen molar-refractivity contribution in [2.75, 3.05) is 58.0 Å². The summed E-state index contributed by atoms with van der Waals surface area (Å²) in [5, 5.41) is 7.12. The fraction of sp³-hybridized carbons (Fsp3) is 0.611. The highest BCUT2D eigenvalue weighted by atomic mass is 19.4. The number of halogens is 3. The van der Waals surface area contributed by atoms with E-state index in [9.17, 15) is 18.0 Å². The number of carbonyl (C=O) groups is 2. The summed E-state index contributed by atoms with van der Waals surface area (Å²) in [6.07, 6.45) is -2.25. The van der Waals surface area contributed by atoms with Crippen molar-refractivity contribution >= 4 is 17.7 Å². The first-order valence-electron chi connectivity index (χ1n) is 8.97. The van der Waals surface area contributed by atoms with Crippen molar-refractivity contribution in [1.82, 2.24) is 9.88 Å². The Morgan fingerprint density at radius 1 is 1.31 bits per heavy atom. The highest BCUT2D eigenvalue weighted by Crippen LogP contribution is 2.35. The number of rotatable bonds is 3. The second-order valence-electron chi connectivity index (χ2n) is 6.96. The van der Waals surface area contributed by atoms with Crippen molar-refractivity contribution < 1.29 is 37.3 Å². The highest BCUT2D eigenvalue weighted by molar-refractivity contribution is 5.77. The molecule has 0 aliphatic carbocycles. The van der Waals surface area contributed by atoms with Crippen LogP contribution < -0.4 is 4.90 Å². The monoisotopic (exact) mass is 419 g/mol. The molecule has 1 N–H and O–H groups in total. The minimum Gasteiger partial charge on any atom is -0.475 e. The molecule has 3 heterocycles. The summed E-state index contributed by atoms with van der Waals surface area (Å²) in [4.78, 5) is 29.7. The number of hydrogen-bond acceptors (Lipinski definition) is 6. The van der Waals surface area contributed by atoms with Crippen LogP contribution in [0.5, 0.6) is 0 Å². The van der Waals surface area contributed by atoms with Gasteiger partial charge in [0.25, 0.3) is 0 Å². The van der Waals surface area contributed by atoms with Gasteiger partial charge in [0, 0.05) is 44.9 Å². The fourth-order valence-corrected chi connectivity index (χ4v) is 3.34. The van der Waals surface area contributed by atoms with Crippen LogP contribution in [0.2, 0.25) is 0 Å². The maximum Gasteiger partial charge on any atom is 0.490 e. The molecule has 2 aliphatic heterocycles. The number of nitrogens with zero attached hydrogens (tertiary/aromatic N) is 3. The Morgan fingerprint density at radius 3 is 2.62 bits per heavy atom. The van der Waals surface area contributed by atoms with Gasteiger partial charge in [-0.15, -0.1) is 0 Å². The van der Waals surface area contributed by atoms with Gasteiger partial charge < -0.3 is 24.4 Å². The number of aromatic nitrogens is 1. The Hall–Kier alpha value is -2.40. The van der Waals surface area contributed by atoms with Gasteiger partial charge in [-0.2, -0.15) is 13.2 Å². The molecule has 162 valence electrons. The third-order valence-electron chi connectivity index (χ3n) is 4.71. The molecule has 1 unspecified atom stereocenters. The molecular weight excluding hydrogens is 395 g/mol. The van der Waals surface area contributed by atoms with Gasteiger partial charge in [-0.1, -0.05) is 6.07 Å². The number of carboxylic acid groups (broad SMARTS) is 1. The topological polar surface area (TPSA) is 92.2 Å². The van der Waals surface area contributed by atoms with Gasteiger partial charge in [-0.05, 0) is 18.6 Å². The summed E-state index contributed by atoms with van der Waals surface area (Å²) in [5.41, 5.74) is -0.00256. The molecule has 29 heavy (non-hydrogen) atoms. The molecule has 1 amide bonds. The van der Waals surface area contributed by atoms with E-state index in [1.807, 2.05) is 29.3 Å². The maximum atomic E-state index is 12.2. The Bertz CT molecular complexity index is 689. The van der Waals surface area contributed by atoms with Crippen LogP contribution in [-0.4, -0.2) is 86.2 Å². The minimum absolute atomic E-state index is 0.00256. The van der Waals surface area contributed by atoms with Crippen LogP contribution in [0.3, 0.4) is 0 Å². The van der Waals surface area contributed by atoms with Crippen molar-refractivity contribution in [3.63, 3.8) is 0 Å². The van der Waals surface area contributed by atoms with Gasteiger partial charge in [-0.25, -0.2) is 9.78 Å². The number of amides is 1. The fourth-order valence-electron chi connectivity index (χ4n) is 3.34. The summed E-state index contributed by atoms with van der Waals surface area (Å²) in [6, 6.07) is 5.96. The van der Waals surface area contributed by atoms with Gasteiger partial charge in [0.15, 0.2) is 0 Å². The predicted octanol–water partition coefficient (Wildman–Crippen LogP) is 1.42. The molecule has 2 fully saturated rings. The zero-order valence-electron chi connectivity index (χ0n) is 16.0. The van der Waals surface area contributed by atoms with Gasteiger partial charge in [0.2, 0.25) is 5.91 Å². The summed E-state index contributed by atoms with van der Waals surface area (Å²) in [5.74, 6) is -1.71. The van der Waals surface area contributed by atoms with Crippen LogP contribution in [0.4, 0.5) is 19.0 Å².